The van der Waals surface area contributed by atoms with E-state index in [0.29, 0.717) is 5.13 Å². The number of nitrogens with one attached hydrogen (secondary N) is 1. The number of carbonyl (C=O) groups excluding carboxylic acids is 1. The summed E-state index contributed by atoms with van der Waals surface area (Å²) >= 11 is 1.23. The zero-order valence-corrected chi connectivity index (χ0v) is 13.1. The fourth-order valence-electron chi connectivity index (χ4n) is 1.46. The van der Waals surface area contributed by atoms with E-state index in [9.17, 15) is 13.6 Å². The molecule has 0 saturated heterocycles. The second-order valence-corrected chi connectivity index (χ2v) is 5.82. The largest absolute Gasteiger partial charge is 0.302 e. The molecule has 0 atom stereocenters. The molecule has 0 bridgehead atoms. The smallest absolute Gasteiger partial charge is 0.228 e. The molecule has 1 aromatic heterocycles. The van der Waals surface area contributed by atoms with Crippen LogP contribution < -0.4 is 5.32 Å². The Morgan fingerprint density at radius 2 is 2.19 bits per heavy atom. The molecule has 0 unspecified atom stereocenters. The van der Waals surface area contributed by atoms with Crippen LogP contribution >= 0.6 is 11.3 Å². The number of nitrogens with zero attached hydrogens (tertiary/aromatic N) is 1. The summed E-state index contributed by atoms with van der Waals surface area (Å²) in [4.78, 5) is 16.3. The first-order valence-corrected chi connectivity index (χ1v) is 7.27. The molecule has 21 heavy (non-hydrogen) atoms. The topological polar surface area (TPSA) is 42.0 Å². The van der Waals surface area contributed by atoms with Gasteiger partial charge in [0.1, 0.15) is 11.7 Å². The molecule has 0 saturated carbocycles. The van der Waals surface area contributed by atoms with Gasteiger partial charge in [0.2, 0.25) is 5.91 Å². The summed E-state index contributed by atoms with van der Waals surface area (Å²) in [6, 6.07) is 0. The van der Waals surface area contributed by atoms with Crippen molar-refractivity contribution < 1.29 is 13.6 Å². The van der Waals surface area contributed by atoms with E-state index in [1.165, 1.54) is 24.3 Å². The molecule has 1 amide bonds. The van der Waals surface area contributed by atoms with Crippen LogP contribution in [0.4, 0.5) is 13.9 Å². The van der Waals surface area contributed by atoms with Crippen LogP contribution in [0.1, 0.15) is 25.6 Å². The Hall–Kier alpha value is -1.82. The number of amides is 1. The second kappa shape index (κ2) is 7.83. The molecule has 0 fully saturated rings. The number of thiazole rings is 1. The molecule has 3 nitrogen and oxygen atoms in total. The number of halogens is 2. The number of allylic oxidation sites excluding steroid dienone is 5. The van der Waals surface area contributed by atoms with Crippen molar-refractivity contribution >= 4 is 22.4 Å². The average molecular weight is 312 g/mol. The number of hydrogen-bond donors (Lipinski definition) is 1. The van der Waals surface area contributed by atoms with E-state index in [1.807, 2.05) is 0 Å². The minimum Gasteiger partial charge on any atom is -0.302 e. The first kappa shape index (κ1) is 17.2. The fourth-order valence-corrected chi connectivity index (χ4v) is 2.30. The predicted molar refractivity (Wildman–Crippen MR) is 82.5 cm³/mol. The van der Waals surface area contributed by atoms with E-state index in [4.69, 9.17) is 0 Å². The third-order valence-corrected chi connectivity index (χ3v) is 3.48. The highest BCUT2D eigenvalue weighted by atomic mass is 32.1. The van der Waals surface area contributed by atoms with Crippen molar-refractivity contribution in [3.8, 4) is 0 Å². The minimum absolute atomic E-state index is 0.136. The molecule has 0 aromatic carbocycles. The molecule has 6 heteroatoms. The average Bonchev–Trinajstić information content (AvgIpc) is 2.83. The second-order valence-electron chi connectivity index (χ2n) is 4.71. The lowest BCUT2D eigenvalue weighted by Crippen LogP contribution is -2.17. The van der Waals surface area contributed by atoms with Crippen molar-refractivity contribution in [1.29, 1.82) is 0 Å². The van der Waals surface area contributed by atoms with Gasteiger partial charge >= 0.3 is 0 Å². The SMILES string of the molecule is C=C(F)/C=C(Cc1cnc(NC(=O)C(C)C)s1)\C(F)=C/C. The molecule has 1 heterocycles. The van der Waals surface area contributed by atoms with Gasteiger partial charge in [-0.15, -0.1) is 11.3 Å². The summed E-state index contributed by atoms with van der Waals surface area (Å²) in [6.45, 7) is 8.20. The van der Waals surface area contributed by atoms with Crippen molar-refractivity contribution in [3.63, 3.8) is 0 Å². The van der Waals surface area contributed by atoms with Gasteiger partial charge in [0.05, 0.1) is 0 Å². The van der Waals surface area contributed by atoms with Gasteiger partial charge in [-0.1, -0.05) is 26.5 Å². The van der Waals surface area contributed by atoms with E-state index in [0.717, 1.165) is 11.0 Å². The third-order valence-electron chi connectivity index (χ3n) is 2.56. The summed E-state index contributed by atoms with van der Waals surface area (Å²) < 4.78 is 26.5. The fraction of sp³-hybridized carbons (Fsp3) is 0.333. The summed E-state index contributed by atoms with van der Waals surface area (Å²) in [5.41, 5.74) is 0.190. The van der Waals surface area contributed by atoms with Crippen LogP contribution in [0.25, 0.3) is 0 Å². The van der Waals surface area contributed by atoms with Crippen molar-refractivity contribution in [1.82, 2.24) is 4.98 Å². The minimum atomic E-state index is -0.708. The van der Waals surface area contributed by atoms with E-state index >= 15 is 0 Å². The van der Waals surface area contributed by atoms with Gasteiger partial charge in [0.15, 0.2) is 5.13 Å². The van der Waals surface area contributed by atoms with Crippen molar-refractivity contribution in [2.45, 2.75) is 27.2 Å². The van der Waals surface area contributed by atoms with Crippen molar-refractivity contribution in [3.05, 3.63) is 47.0 Å². The number of rotatable bonds is 6. The molecular weight excluding hydrogens is 294 g/mol. The maximum atomic E-state index is 13.7. The Bertz CT molecular complexity index is 588. The monoisotopic (exact) mass is 312 g/mol. The first-order chi connectivity index (χ1) is 9.83. The van der Waals surface area contributed by atoms with Gasteiger partial charge in [-0.2, -0.15) is 0 Å². The Morgan fingerprint density at radius 1 is 1.52 bits per heavy atom. The lowest BCUT2D eigenvalue weighted by molar-refractivity contribution is -0.118. The molecule has 0 radical (unpaired) electrons. The molecule has 1 aromatic rings. The molecule has 0 spiro atoms. The number of aromatic nitrogens is 1. The van der Waals surface area contributed by atoms with Crippen LogP contribution in [0.5, 0.6) is 0 Å². The number of hydrogen-bond acceptors (Lipinski definition) is 3. The van der Waals surface area contributed by atoms with Crippen LogP contribution in [0, 0.1) is 5.92 Å². The van der Waals surface area contributed by atoms with Crippen LogP contribution in [-0.2, 0) is 11.2 Å². The van der Waals surface area contributed by atoms with Crippen LogP contribution in [0.15, 0.2) is 42.2 Å². The standard InChI is InChI=1S/C15H18F2N2OS/c1-5-13(17)11(6-10(4)16)7-12-8-18-15(21-12)19-14(20)9(2)3/h5-6,8-9H,4,7H2,1-3H3,(H,18,19,20)/b11-6-,13-5+. The molecule has 0 aliphatic heterocycles. The molecule has 0 aliphatic carbocycles. The molecule has 1 N–H and O–H groups in total. The van der Waals surface area contributed by atoms with Gasteiger partial charge < -0.3 is 5.32 Å². The van der Waals surface area contributed by atoms with Gasteiger partial charge in [0, 0.05) is 23.4 Å². The van der Waals surface area contributed by atoms with Crippen molar-refractivity contribution in [2.75, 3.05) is 5.32 Å². The van der Waals surface area contributed by atoms with Gasteiger partial charge in [-0.3, -0.25) is 4.79 Å². The summed E-state index contributed by atoms with van der Waals surface area (Å²) in [5, 5.41) is 3.12. The zero-order valence-electron chi connectivity index (χ0n) is 12.2. The number of anilines is 1. The molecule has 114 valence electrons. The summed E-state index contributed by atoms with van der Waals surface area (Å²) in [6.07, 6.45) is 4.05. The van der Waals surface area contributed by atoms with E-state index in [-0.39, 0.29) is 23.8 Å². The lowest BCUT2D eigenvalue weighted by Gasteiger charge is -2.04. The van der Waals surface area contributed by atoms with Gasteiger partial charge in [-0.05, 0) is 18.6 Å². The molecule has 0 aliphatic rings. The van der Waals surface area contributed by atoms with Gasteiger partial charge in [-0.25, -0.2) is 13.8 Å². The Kier molecular flexibility index (Phi) is 6.42. The highest BCUT2D eigenvalue weighted by Crippen LogP contribution is 2.25. The van der Waals surface area contributed by atoms with Crippen LogP contribution in [-0.4, -0.2) is 10.9 Å². The van der Waals surface area contributed by atoms with E-state index in [2.05, 4.69) is 16.9 Å². The van der Waals surface area contributed by atoms with Crippen LogP contribution in [0.2, 0.25) is 0 Å². The first-order valence-electron chi connectivity index (χ1n) is 6.46. The highest BCUT2D eigenvalue weighted by molar-refractivity contribution is 7.15. The molecular formula is C15H18F2N2OS. The van der Waals surface area contributed by atoms with Crippen LogP contribution in [0.3, 0.4) is 0 Å². The highest BCUT2D eigenvalue weighted by Gasteiger charge is 2.12. The Labute approximate surface area is 127 Å². The van der Waals surface area contributed by atoms with Crippen molar-refractivity contribution in [2.24, 2.45) is 5.92 Å². The summed E-state index contributed by atoms with van der Waals surface area (Å²) in [7, 11) is 0. The zero-order chi connectivity index (χ0) is 16.0. The van der Waals surface area contributed by atoms with E-state index in [1.54, 1.807) is 20.0 Å². The van der Waals surface area contributed by atoms with Gasteiger partial charge in [0.25, 0.3) is 0 Å². The predicted octanol–water partition coefficient (Wildman–Crippen LogP) is 4.56. The lowest BCUT2D eigenvalue weighted by atomic mass is 10.1. The van der Waals surface area contributed by atoms with E-state index < -0.39 is 11.7 Å². The summed E-state index contributed by atoms with van der Waals surface area (Å²) in [5.74, 6) is -1.50. The Morgan fingerprint density at radius 3 is 2.71 bits per heavy atom. The Balaban J connectivity index is 2.85. The maximum absolute atomic E-state index is 13.7. The maximum Gasteiger partial charge on any atom is 0.228 e. The number of carbonyl (C=O) groups is 1. The quantitative estimate of drug-likeness (QED) is 0.782. The normalized spacial score (nSPS) is 12.7. The molecule has 1 rings (SSSR count). The third kappa shape index (κ3) is 5.59.